The van der Waals surface area contributed by atoms with Crippen LogP contribution in [0.5, 0.6) is 11.5 Å². The van der Waals surface area contributed by atoms with E-state index in [1.807, 2.05) is 62.4 Å². The number of carbonyl (C=O) groups excluding carboxylic acids is 2. The lowest BCUT2D eigenvalue weighted by atomic mass is 10.2. The number of rotatable bonds is 11. The summed E-state index contributed by atoms with van der Waals surface area (Å²) in [5.74, 6) is 0.534. The van der Waals surface area contributed by atoms with Crippen LogP contribution in [-0.4, -0.2) is 25.2 Å². The largest absolute Gasteiger partial charge is 0.494 e. The summed E-state index contributed by atoms with van der Waals surface area (Å²) in [6, 6.07) is 14.6. The number of ether oxygens (including phenoxy) is 4. The normalized spacial score (nSPS) is 10.9. The van der Waals surface area contributed by atoms with E-state index in [0.29, 0.717) is 13.2 Å². The molecule has 0 atom stereocenters. The van der Waals surface area contributed by atoms with Crippen molar-refractivity contribution in [3.05, 3.63) is 84.0 Å². The summed E-state index contributed by atoms with van der Waals surface area (Å²) in [4.78, 5) is 23.4. The molecule has 0 spiro atoms. The molecule has 6 heteroatoms. The van der Waals surface area contributed by atoms with Crippen LogP contribution in [0.25, 0.3) is 0 Å². The summed E-state index contributed by atoms with van der Waals surface area (Å²) in [6.45, 7) is 5.34. The van der Waals surface area contributed by atoms with Crippen molar-refractivity contribution >= 4 is 11.9 Å². The highest BCUT2D eigenvalue weighted by Crippen LogP contribution is 2.13. The van der Waals surface area contributed by atoms with Crippen molar-refractivity contribution in [1.82, 2.24) is 0 Å². The van der Waals surface area contributed by atoms with E-state index in [1.54, 1.807) is 0 Å². The Morgan fingerprint density at radius 1 is 0.667 bits per heavy atom. The zero-order valence-corrected chi connectivity index (χ0v) is 17.2. The predicted octanol–water partition coefficient (Wildman–Crippen LogP) is 4.38. The third kappa shape index (κ3) is 8.65. The molecule has 0 aliphatic rings. The van der Waals surface area contributed by atoms with E-state index in [2.05, 4.69) is 0 Å². The van der Waals surface area contributed by atoms with Crippen LogP contribution in [0.3, 0.4) is 0 Å². The molecular weight excluding hydrogens is 384 g/mol. The van der Waals surface area contributed by atoms with E-state index >= 15 is 0 Å². The van der Waals surface area contributed by atoms with Gasteiger partial charge < -0.3 is 18.9 Å². The first kappa shape index (κ1) is 22.7. The molecule has 0 aromatic heterocycles. The third-order valence-electron chi connectivity index (χ3n) is 3.81. The van der Waals surface area contributed by atoms with Crippen molar-refractivity contribution in [3.63, 3.8) is 0 Å². The number of allylic oxidation sites excluding steroid dienone is 2. The molecule has 0 unspecified atom stereocenters. The fourth-order valence-electron chi connectivity index (χ4n) is 2.37. The fraction of sp³-hybridized carbons (Fsp3) is 0.250. The second kappa shape index (κ2) is 12.8. The Morgan fingerprint density at radius 2 is 1.03 bits per heavy atom. The Kier molecular flexibility index (Phi) is 9.73. The Hall–Kier alpha value is -3.54. The summed E-state index contributed by atoms with van der Waals surface area (Å²) in [5.41, 5.74) is 1.71. The molecule has 0 saturated heterocycles. The maximum absolute atomic E-state index is 11.7. The second-order valence-corrected chi connectivity index (χ2v) is 6.09. The monoisotopic (exact) mass is 410 g/mol. The van der Waals surface area contributed by atoms with Gasteiger partial charge in [0, 0.05) is 12.2 Å². The molecule has 0 amide bonds. The summed E-state index contributed by atoms with van der Waals surface area (Å²) in [6.07, 6.45) is 5.34. The second-order valence-electron chi connectivity index (χ2n) is 6.09. The van der Waals surface area contributed by atoms with Crippen molar-refractivity contribution in [1.29, 1.82) is 0 Å². The zero-order valence-electron chi connectivity index (χ0n) is 17.2. The van der Waals surface area contributed by atoms with Gasteiger partial charge in [0.2, 0.25) is 0 Å². The standard InChI is InChI=1S/C24H26O6/c1-3-27-21-13-9-19(10-14-21)17-29-23(25)7-5-6-8-24(26)30-18-20-11-15-22(16-12-20)28-4-2/h5-16H,3-4,17-18H2,1-2H3/b7-5+,8-6+. The molecule has 0 aliphatic carbocycles. The van der Waals surface area contributed by atoms with Crippen LogP contribution in [0.4, 0.5) is 0 Å². The molecule has 2 rings (SSSR count). The smallest absolute Gasteiger partial charge is 0.331 e. The molecule has 0 heterocycles. The third-order valence-corrected chi connectivity index (χ3v) is 3.81. The van der Waals surface area contributed by atoms with Gasteiger partial charge in [0.25, 0.3) is 0 Å². The van der Waals surface area contributed by atoms with Crippen molar-refractivity contribution in [2.75, 3.05) is 13.2 Å². The van der Waals surface area contributed by atoms with Gasteiger partial charge >= 0.3 is 11.9 Å². The maximum atomic E-state index is 11.7. The van der Waals surface area contributed by atoms with Crippen LogP contribution >= 0.6 is 0 Å². The van der Waals surface area contributed by atoms with Gasteiger partial charge in [0.15, 0.2) is 0 Å². The Labute approximate surface area is 176 Å². The van der Waals surface area contributed by atoms with E-state index in [-0.39, 0.29) is 13.2 Å². The Balaban J connectivity index is 1.67. The average molecular weight is 410 g/mol. The minimum atomic E-state index is -0.503. The molecule has 0 aliphatic heterocycles. The summed E-state index contributed by atoms with van der Waals surface area (Å²) >= 11 is 0. The average Bonchev–Trinajstić information content (AvgIpc) is 2.76. The topological polar surface area (TPSA) is 71.1 Å². The first-order valence-corrected chi connectivity index (χ1v) is 9.72. The lowest BCUT2D eigenvalue weighted by molar-refractivity contribution is -0.140. The lowest BCUT2D eigenvalue weighted by Crippen LogP contribution is -2.01. The minimum absolute atomic E-state index is 0.156. The number of benzene rings is 2. The van der Waals surface area contributed by atoms with Crippen molar-refractivity contribution in [3.8, 4) is 11.5 Å². The van der Waals surface area contributed by atoms with Gasteiger partial charge in [0.05, 0.1) is 13.2 Å². The molecule has 0 N–H and O–H groups in total. The van der Waals surface area contributed by atoms with E-state index in [1.165, 1.54) is 24.3 Å². The van der Waals surface area contributed by atoms with Crippen LogP contribution in [0.15, 0.2) is 72.8 Å². The van der Waals surface area contributed by atoms with Crippen molar-refractivity contribution in [2.45, 2.75) is 27.1 Å². The highest BCUT2D eigenvalue weighted by Gasteiger charge is 2.01. The van der Waals surface area contributed by atoms with Crippen molar-refractivity contribution < 1.29 is 28.5 Å². The molecule has 0 radical (unpaired) electrons. The highest BCUT2D eigenvalue weighted by atomic mass is 16.5. The molecule has 0 bridgehead atoms. The number of hydrogen-bond donors (Lipinski definition) is 0. The zero-order chi connectivity index (χ0) is 21.6. The summed E-state index contributed by atoms with van der Waals surface area (Å²) < 4.78 is 21.0. The molecule has 0 fully saturated rings. The van der Waals surface area contributed by atoms with Gasteiger partial charge in [-0.25, -0.2) is 9.59 Å². The van der Waals surface area contributed by atoms with E-state index in [0.717, 1.165) is 22.6 Å². The fourth-order valence-corrected chi connectivity index (χ4v) is 2.37. The Morgan fingerprint density at radius 3 is 1.37 bits per heavy atom. The van der Waals surface area contributed by atoms with Crippen LogP contribution in [-0.2, 0) is 32.3 Å². The van der Waals surface area contributed by atoms with Crippen molar-refractivity contribution in [2.24, 2.45) is 0 Å². The molecule has 6 nitrogen and oxygen atoms in total. The van der Waals surface area contributed by atoms with E-state index in [4.69, 9.17) is 18.9 Å². The predicted molar refractivity (Wildman–Crippen MR) is 113 cm³/mol. The van der Waals surface area contributed by atoms with Gasteiger partial charge in [-0.2, -0.15) is 0 Å². The van der Waals surface area contributed by atoms with Crippen LogP contribution in [0.2, 0.25) is 0 Å². The number of carbonyl (C=O) groups is 2. The molecule has 2 aromatic carbocycles. The van der Waals surface area contributed by atoms with E-state index < -0.39 is 11.9 Å². The molecular formula is C24H26O6. The maximum Gasteiger partial charge on any atom is 0.331 e. The van der Waals surface area contributed by atoms with Crippen LogP contribution < -0.4 is 9.47 Å². The summed E-state index contributed by atoms with van der Waals surface area (Å²) in [7, 11) is 0. The minimum Gasteiger partial charge on any atom is -0.494 e. The van der Waals surface area contributed by atoms with Crippen LogP contribution in [0, 0.1) is 0 Å². The van der Waals surface area contributed by atoms with Gasteiger partial charge in [-0.15, -0.1) is 0 Å². The van der Waals surface area contributed by atoms with E-state index in [9.17, 15) is 9.59 Å². The lowest BCUT2D eigenvalue weighted by Gasteiger charge is -2.05. The first-order valence-electron chi connectivity index (χ1n) is 9.72. The number of hydrogen-bond acceptors (Lipinski definition) is 6. The molecule has 0 saturated carbocycles. The van der Waals surface area contributed by atoms with Gasteiger partial charge in [-0.1, -0.05) is 36.4 Å². The molecule has 30 heavy (non-hydrogen) atoms. The van der Waals surface area contributed by atoms with Gasteiger partial charge in [-0.05, 0) is 49.2 Å². The highest BCUT2D eigenvalue weighted by molar-refractivity contribution is 5.84. The van der Waals surface area contributed by atoms with Gasteiger partial charge in [-0.3, -0.25) is 0 Å². The van der Waals surface area contributed by atoms with Crippen LogP contribution in [0.1, 0.15) is 25.0 Å². The summed E-state index contributed by atoms with van der Waals surface area (Å²) in [5, 5.41) is 0. The Bertz CT molecular complexity index is 777. The SMILES string of the molecule is CCOc1ccc(COC(=O)/C=C/C=C/C(=O)OCc2ccc(OCC)cc2)cc1. The van der Waals surface area contributed by atoms with Gasteiger partial charge in [0.1, 0.15) is 24.7 Å². The number of esters is 2. The molecule has 158 valence electrons. The first-order chi connectivity index (χ1) is 14.6. The quantitative estimate of drug-likeness (QED) is 0.311. The molecule has 2 aromatic rings.